The fourth-order valence-corrected chi connectivity index (χ4v) is 7.16. The van der Waals surface area contributed by atoms with E-state index in [1.54, 1.807) is 25.3 Å². The fourth-order valence-electron chi connectivity index (χ4n) is 6.96. The smallest absolute Gasteiger partial charge is 0.376 e. The standard InChI is InChI=1S/C39H28ClN3O3/c1-3-46-39(45)38-42-18-17-32(43-38)34-22(2)27-9-4-5-10-28(27)29-15-16-30-35(25-7-6-8-26(40)19-25)33(44)20-31(36(30)37(29)34)24-13-11-23(21-41)12-14-24/h4-19,31,35H,3,20H2,1-2H3. The number of halogens is 1. The SMILES string of the molecule is CCOC(=O)c1nccc(-c2c(C)c3ccccc3c3ccc4c(c23)C(c2ccc(C#N)cc2)CC(=O)C4c2cccc(Cl)c2)n1. The maximum atomic E-state index is 14.2. The zero-order valence-electron chi connectivity index (χ0n) is 25.3. The van der Waals surface area contributed by atoms with Crippen molar-refractivity contribution in [2.45, 2.75) is 32.1 Å². The van der Waals surface area contributed by atoms with Gasteiger partial charge in [0.25, 0.3) is 0 Å². The van der Waals surface area contributed by atoms with Gasteiger partial charge in [0.05, 0.1) is 29.9 Å². The lowest BCUT2D eigenvalue weighted by molar-refractivity contribution is -0.120. The van der Waals surface area contributed by atoms with Crippen molar-refractivity contribution in [3.8, 4) is 17.3 Å². The van der Waals surface area contributed by atoms with Crippen molar-refractivity contribution in [2.75, 3.05) is 6.61 Å². The molecule has 224 valence electrons. The number of hydrogen-bond donors (Lipinski definition) is 0. The third kappa shape index (κ3) is 4.90. The highest BCUT2D eigenvalue weighted by atomic mass is 35.5. The van der Waals surface area contributed by atoms with Crippen LogP contribution in [0.4, 0.5) is 0 Å². The Balaban J connectivity index is 1.62. The second-order valence-corrected chi connectivity index (χ2v) is 11.9. The third-order valence-electron chi connectivity index (χ3n) is 8.91. The van der Waals surface area contributed by atoms with Crippen LogP contribution < -0.4 is 0 Å². The summed E-state index contributed by atoms with van der Waals surface area (Å²) in [6, 6.07) is 31.4. The van der Waals surface area contributed by atoms with Gasteiger partial charge < -0.3 is 4.74 Å². The number of aromatic nitrogens is 2. The van der Waals surface area contributed by atoms with Crippen LogP contribution in [0, 0.1) is 18.3 Å². The van der Waals surface area contributed by atoms with E-state index in [1.807, 2.05) is 54.6 Å². The number of esters is 1. The summed E-state index contributed by atoms with van der Waals surface area (Å²) in [6.07, 6.45) is 1.85. The van der Waals surface area contributed by atoms with E-state index in [1.165, 1.54) is 0 Å². The first-order valence-corrected chi connectivity index (χ1v) is 15.5. The van der Waals surface area contributed by atoms with E-state index < -0.39 is 11.9 Å². The number of nitrogens with zero attached hydrogens (tertiary/aromatic N) is 3. The summed E-state index contributed by atoms with van der Waals surface area (Å²) in [4.78, 5) is 35.9. The van der Waals surface area contributed by atoms with Gasteiger partial charge in [0, 0.05) is 29.1 Å². The van der Waals surface area contributed by atoms with Crippen LogP contribution in [0.15, 0.2) is 97.2 Å². The van der Waals surface area contributed by atoms with Gasteiger partial charge in [-0.25, -0.2) is 14.8 Å². The molecule has 46 heavy (non-hydrogen) atoms. The average Bonchev–Trinajstić information content (AvgIpc) is 3.08. The molecule has 2 unspecified atom stereocenters. The van der Waals surface area contributed by atoms with Gasteiger partial charge in [-0.1, -0.05) is 72.3 Å². The van der Waals surface area contributed by atoms with Gasteiger partial charge >= 0.3 is 5.97 Å². The number of rotatable bonds is 5. The van der Waals surface area contributed by atoms with Crippen molar-refractivity contribution < 1.29 is 14.3 Å². The van der Waals surface area contributed by atoms with E-state index in [0.717, 1.165) is 54.9 Å². The predicted octanol–water partition coefficient (Wildman–Crippen LogP) is 8.70. The quantitative estimate of drug-likeness (QED) is 0.141. The molecule has 5 aromatic carbocycles. The summed E-state index contributed by atoms with van der Waals surface area (Å²) in [7, 11) is 0. The van der Waals surface area contributed by atoms with Gasteiger partial charge in [0.1, 0.15) is 5.78 Å². The van der Waals surface area contributed by atoms with E-state index in [-0.39, 0.29) is 30.6 Å². The number of benzene rings is 5. The van der Waals surface area contributed by atoms with Crippen LogP contribution in [0.5, 0.6) is 0 Å². The Bertz CT molecular complexity index is 2240. The van der Waals surface area contributed by atoms with Crippen LogP contribution in [-0.2, 0) is 9.53 Å². The molecule has 6 aromatic rings. The Labute approximate surface area is 271 Å². The monoisotopic (exact) mass is 621 g/mol. The highest BCUT2D eigenvalue weighted by molar-refractivity contribution is 6.30. The van der Waals surface area contributed by atoms with Crippen molar-refractivity contribution in [3.63, 3.8) is 0 Å². The average molecular weight is 622 g/mol. The Morgan fingerprint density at radius 1 is 0.957 bits per heavy atom. The molecule has 1 aromatic heterocycles. The second kappa shape index (κ2) is 11.8. The molecule has 0 fully saturated rings. The molecule has 1 heterocycles. The molecular formula is C39H28ClN3O3. The molecule has 0 amide bonds. The number of carbonyl (C=O) groups is 2. The first kappa shape index (κ1) is 29.3. The van der Waals surface area contributed by atoms with Gasteiger partial charge in [0.2, 0.25) is 5.82 Å². The largest absolute Gasteiger partial charge is 0.460 e. The van der Waals surface area contributed by atoms with Crippen molar-refractivity contribution in [3.05, 3.63) is 141 Å². The zero-order valence-corrected chi connectivity index (χ0v) is 26.0. The molecule has 0 N–H and O–H groups in total. The molecule has 0 spiro atoms. The first-order valence-electron chi connectivity index (χ1n) is 15.2. The van der Waals surface area contributed by atoms with Gasteiger partial charge in [-0.3, -0.25) is 4.79 Å². The fraction of sp³-hybridized carbons (Fsp3) is 0.154. The van der Waals surface area contributed by atoms with Crippen LogP contribution in [-0.4, -0.2) is 28.3 Å². The molecule has 7 heteroatoms. The molecule has 0 radical (unpaired) electrons. The highest BCUT2D eigenvalue weighted by Crippen LogP contribution is 2.50. The lowest BCUT2D eigenvalue weighted by atomic mass is 9.68. The van der Waals surface area contributed by atoms with Crippen molar-refractivity contribution in [2.24, 2.45) is 0 Å². The number of ketones is 1. The molecular weight excluding hydrogens is 594 g/mol. The molecule has 1 aliphatic rings. The molecule has 0 aliphatic heterocycles. The highest BCUT2D eigenvalue weighted by Gasteiger charge is 2.38. The molecule has 0 saturated carbocycles. The minimum Gasteiger partial charge on any atom is -0.460 e. The first-order chi connectivity index (χ1) is 22.4. The number of fused-ring (bicyclic) bond motifs is 5. The number of ether oxygens (including phenoxy) is 1. The van der Waals surface area contributed by atoms with E-state index >= 15 is 0 Å². The van der Waals surface area contributed by atoms with Gasteiger partial charge in [0.15, 0.2) is 0 Å². The van der Waals surface area contributed by atoms with E-state index in [4.69, 9.17) is 21.3 Å². The Morgan fingerprint density at radius 2 is 1.74 bits per heavy atom. The summed E-state index contributed by atoms with van der Waals surface area (Å²) in [5.41, 5.74) is 6.71. The van der Waals surface area contributed by atoms with Crippen molar-refractivity contribution in [1.82, 2.24) is 9.97 Å². The molecule has 7 rings (SSSR count). The minimum atomic E-state index is -0.587. The van der Waals surface area contributed by atoms with E-state index in [2.05, 4.69) is 42.2 Å². The molecule has 0 saturated heterocycles. The molecule has 2 atom stereocenters. The predicted molar refractivity (Wildman–Crippen MR) is 179 cm³/mol. The van der Waals surface area contributed by atoms with Gasteiger partial charge in [-0.05, 0) is 93.5 Å². The van der Waals surface area contributed by atoms with Gasteiger partial charge in [-0.15, -0.1) is 0 Å². The normalized spacial score (nSPS) is 15.8. The van der Waals surface area contributed by atoms with E-state index in [0.29, 0.717) is 16.3 Å². The Morgan fingerprint density at radius 3 is 2.48 bits per heavy atom. The summed E-state index contributed by atoms with van der Waals surface area (Å²) in [5, 5.41) is 14.2. The lowest BCUT2D eigenvalue weighted by Gasteiger charge is -2.34. The van der Waals surface area contributed by atoms with Crippen molar-refractivity contribution >= 4 is 44.9 Å². The van der Waals surface area contributed by atoms with Crippen LogP contribution in [0.2, 0.25) is 5.02 Å². The van der Waals surface area contributed by atoms with Crippen LogP contribution in [0.25, 0.3) is 32.8 Å². The second-order valence-electron chi connectivity index (χ2n) is 11.5. The molecule has 1 aliphatic carbocycles. The molecule has 6 nitrogen and oxygen atoms in total. The van der Waals surface area contributed by atoms with Gasteiger partial charge in [-0.2, -0.15) is 5.26 Å². The zero-order chi connectivity index (χ0) is 31.9. The van der Waals surface area contributed by atoms with Crippen molar-refractivity contribution in [1.29, 1.82) is 5.26 Å². The maximum Gasteiger partial charge on any atom is 0.376 e. The van der Waals surface area contributed by atoms with Crippen LogP contribution in [0.1, 0.15) is 69.2 Å². The number of aryl methyl sites for hydroxylation is 1. The van der Waals surface area contributed by atoms with Crippen LogP contribution in [0.3, 0.4) is 0 Å². The number of Topliss-reactive ketones (excluding diaryl/α,β-unsaturated/α-hetero) is 1. The summed E-state index contributed by atoms with van der Waals surface area (Å²) >= 11 is 6.45. The number of carbonyl (C=O) groups excluding carboxylic acids is 2. The summed E-state index contributed by atoms with van der Waals surface area (Å²) in [6.45, 7) is 4.03. The maximum absolute atomic E-state index is 14.2. The number of nitriles is 1. The van der Waals surface area contributed by atoms with Crippen LogP contribution >= 0.6 is 11.6 Å². The van der Waals surface area contributed by atoms with E-state index in [9.17, 15) is 14.9 Å². The molecule has 0 bridgehead atoms. The summed E-state index contributed by atoms with van der Waals surface area (Å²) in [5.74, 6) is -1.32. The number of hydrogen-bond acceptors (Lipinski definition) is 6. The Kier molecular flexibility index (Phi) is 7.56. The third-order valence-corrected chi connectivity index (χ3v) is 9.14. The minimum absolute atomic E-state index is 0.0134. The topological polar surface area (TPSA) is 92.9 Å². The lowest BCUT2D eigenvalue weighted by Crippen LogP contribution is -2.26. The Hall–Kier alpha value is -5.38. The summed E-state index contributed by atoms with van der Waals surface area (Å²) < 4.78 is 5.24.